The Morgan fingerprint density at radius 3 is 1.21 bits per heavy atom. The summed E-state index contributed by atoms with van der Waals surface area (Å²) in [6.45, 7) is 0. The van der Waals surface area contributed by atoms with Crippen LogP contribution in [-0.4, -0.2) is 0 Å². The average molecular weight is 1000 g/mol. The highest BCUT2D eigenvalue weighted by Crippen LogP contribution is 2.53. The molecule has 0 saturated carbocycles. The van der Waals surface area contributed by atoms with E-state index in [2.05, 4.69) is 263 Å². The van der Waals surface area contributed by atoms with Crippen molar-refractivity contribution in [1.82, 2.24) is 0 Å². The number of thiophene rings is 4. The third-order valence-electron chi connectivity index (χ3n) is 14.2. The predicted octanol–water partition coefficient (Wildman–Crippen LogP) is 21.6. The molecule has 0 unspecified atom stereocenters. The molecular formula is C66H41N3S4. The Labute approximate surface area is 437 Å². The van der Waals surface area contributed by atoms with Crippen molar-refractivity contribution >= 4 is 177 Å². The number of hydrogen-bond acceptors (Lipinski definition) is 7. The highest BCUT2D eigenvalue weighted by molar-refractivity contribution is 7.27. The molecule has 0 bridgehead atoms. The van der Waals surface area contributed by atoms with Gasteiger partial charge in [-0.2, -0.15) is 0 Å². The Kier molecular flexibility index (Phi) is 9.98. The van der Waals surface area contributed by atoms with Gasteiger partial charge in [-0.1, -0.05) is 140 Å². The third kappa shape index (κ3) is 6.96. The maximum atomic E-state index is 2.52. The van der Waals surface area contributed by atoms with Gasteiger partial charge in [-0.05, 0) is 109 Å². The molecule has 15 rings (SSSR count). The Bertz CT molecular complexity index is 4590. The minimum atomic E-state index is 1.08. The van der Waals surface area contributed by atoms with Gasteiger partial charge in [0.1, 0.15) is 0 Å². The van der Waals surface area contributed by atoms with Gasteiger partial charge >= 0.3 is 0 Å². The molecule has 0 radical (unpaired) electrons. The van der Waals surface area contributed by atoms with Gasteiger partial charge in [-0.25, -0.2) is 0 Å². The summed E-state index contributed by atoms with van der Waals surface area (Å²) < 4.78 is 10.1. The van der Waals surface area contributed by atoms with Gasteiger partial charge in [0.15, 0.2) is 0 Å². The zero-order chi connectivity index (χ0) is 48.0. The first-order valence-electron chi connectivity index (χ1n) is 24.5. The highest BCUT2D eigenvalue weighted by atomic mass is 32.1. The van der Waals surface area contributed by atoms with Crippen molar-refractivity contribution in [3.05, 3.63) is 249 Å². The van der Waals surface area contributed by atoms with Crippen molar-refractivity contribution in [2.24, 2.45) is 0 Å². The molecule has 4 aromatic heterocycles. The summed E-state index contributed by atoms with van der Waals surface area (Å²) in [5.41, 5.74) is 10.1. The maximum Gasteiger partial charge on any atom is 0.0661 e. The summed E-state index contributed by atoms with van der Waals surface area (Å²) in [7, 11) is 0. The number of para-hydroxylation sites is 3. The summed E-state index contributed by atoms with van der Waals surface area (Å²) in [6, 6.07) is 91.7. The van der Waals surface area contributed by atoms with E-state index in [1.54, 1.807) is 0 Å². The lowest BCUT2D eigenvalue weighted by Crippen LogP contribution is -2.13. The number of nitrogens with zero attached hydrogens (tertiary/aromatic N) is 3. The predicted molar refractivity (Wildman–Crippen MR) is 322 cm³/mol. The molecule has 4 heterocycles. The molecule has 0 aliphatic carbocycles. The van der Waals surface area contributed by atoms with Crippen LogP contribution in [-0.2, 0) is 0 Å². The molecule has 3 nitrogen and oxygen atoms in total. The van der Waals surface area contributed by atoms with Crippen molar-refractivity contribution < 1.29 is 0 Å². The van der Waals surface area contributed by atoms with E-state index in [1.807, 2.05) is 45.3 Å². The highest BCUT2D eigenvalue weighted by Gasteiger charge is 2.26. The van der Waals surface area contributed by atoms with E-state index in [0.29, 0.717) is 0 Å². The molecule has 0 aliphatic rings. The van der Waals surface area contributed by atoms with Crippen LogP contribution in [0.25, 0.3) is 80.7 Å². The summed E-state index contributed by atoms with van der Waals surface area (Å²) in [6.07, 6.45) is 0. The summed E-state index contributed by atoms with van der Waals surface area (Å²) >= 11 is 7.48. The zero-order valence-electron chi connectivity index (χ0n) is 39.1. The average Bonchev–Trinajstić information content (AvgIpc) is 4.24. The largest absolute Gasteiger partial charge is 0.310 e. The Balaban J connectivity index is 1.02. The molecule has 0 spiro atoms. The number of anilines is 9. The Morgan fingerprint density at radius 2 is 0.603 bits per heavy atom. The van der Waals surface area contributed by atoms with Crippen LogP contribution in [0.2, 0.25) is 0 Å². The van der Waals surface area contributed by atoms with Crippen LogP contribution in [0.3, 0.4) is 0 Å². The first-order chi connectivity index (χ1) is 36.2. The van der Waals surface area contributed by atoms with E-state index in [9.17, 15) is 0 Å². The van der Waals surface area contributed by atoms with Crippen molar-refractivity contribution in [3.63, 3.8) is 0 Å². The van der Waals surface area contributed by atoms with Crippen LogP contribution in [0.5, 0.6) is 0 Å². The smallest absolute Gasteiger partial charge is 0.0661 e. The first-order valence-corrected chi connectivity index (χ1v) is 27.7. The van der Waals surface area contributed by atoms with Gasteiger partial charge in [-0.15, -0.1) is 45.3 Å². The second kappa shape index (κ2) is 17.2. The fourth-order valence-corrected chi connectivity index (χ4v) is 15.7. The molecule has 344 valence electrons. The van der Waals surface area contributed by atoms with Crippen LogP contribution < -0.4 is 14.7 Å². The number of rotatable bonds is 9. The van der Waals surface area contributed by atoms with E-state index < -0.39 is 0 Å². The lowest BCUT2D eigenvalue weighted by Gasteiger charge is -2.30. The second-order valence-electron chi connectivity index (χ2n) is 18.4. The normalized spacial score (nSPS) is 11.8. The minimum Gasteiger partial charge on any atom is -0.310 e. The third-order valence-corrected chi connectivity index (χ3v) is 19.0. The van der Waals surface area contributed by atoms with E-state index in [4.69, 9.17) is 0 Å². The summed E-state index contributed by atoms with van der Waals surface area (Å²) in [5, 5.41) is 10.1. The van der Waals surface area contributed by atoms with Gasteiger partial charge in [-0.3, -0.25) is 0 Å². The van der Waals surface area contributed by atoms with Crippen LogP contribution in [0.1, 0.15) is 0 Å². The molecule has 15 aromatic rings. The van der Waals surface area contributed by atoms with Gasteiger partial charge in [0.2, 0.25) is 0 Å². The van der Waals surface area contributed by atoms with Crippen LogP contribution >= 0.6 is 45.3 Å². The molecule has 73 heavy (non-hydrogen) atoms. The van der Waals surface area contributed by atoms with Crippen LogP contribution in [0.4, 0.5) is 51.2 Å². The molecule has 0 atom stereocenters. The van der Waals surface area contributed by atoms with Crippen molar-refractivity contribution in [2.75, 3.05) is 14.7 Å². The van der Waals surface area contributed by atoms with E-state index in [1.165, 1.54) is 86.4 Å². The van der Waals surface area contributed by atoms with Crippen molar-refractivity contribution in [1.29, 1.82) is 0 Å². The maximum absolute atomic E-state index is 2.52. The summed E-state index contributed by atoms with van der Waals surface area (Å²) in [4.78, 5) is 7.44. The molecule has 0 amide bonds. The number of benzene rings is 11. The standard InChI is InChI=1S/C66H41N3S4/c1-4-18-42(19-5-1)67(46-34-36-51-48-24-10-13-31-59(48)70-63(51)41-46)47-39-55-54-38-45(68(43-20-6-2-7-21-43)56-29-16-27-52-49-25-11-14-32-60(49)71-64(52)56)35-37-62(54)73-66(55)58(40-47)69(44-22-8-3-9-23-44)57-30-17-28-53-50-26-12-15-33-61(50)72-65(53)57/h1-41H. The fourth-order valence-electron chi connectivity index (χ4n) is 11.0. The molecule has 0 N–H and O–H groups in total. The van der Waals surface area contributed by atoms with Gasteiger partial charge in [0.05, 0.1) is 31.2 Å². The van der Waals surface area contributed by atoms with Crippen LogP contribution in [0, 0.1) is 0 Å². The topological polar surface area (TPSA) is 9.72 Å². The number of fused-ring (bicyclic) bond motifs is 12. The second-order valence-corrected chi connectivity index (χ2v) is 22.7. The van der Waals surface area contributed by atoms with E-state index >= 15 is 0 Å². The lowest BCUT2D eigenvalue weighted by molar-refractivity contribution is 1.27. The summed E-state index contributed by atoms with van der Waals surface area (Å²) in [5.74, 6) is 0. The molecule has 0 saturated heterocycles. The Hall–Kier alpha value is -8.30. The number of hydrogen-bond donors (Lipinski definition) is 0. The SMILES string of the molecule is c1ccc(N(c2ccc3c(c2)sc2ccccc23)c2cc(N(c3ccccc3)c3cccc4c3sc3ccccc34)c3sc4ccc(N(c5ccccc5)c5cccc6c5sc5ccccc56)cc4c3c2)cc1. The Morgan fingerprint density at radius 1 is 0.192 bits per heavy atom. The van der Waals surface area contributed by atoms with Gasteiger partial charge in [0.25, 0.3) is 0 Å². The quantitative estimate of drug-likeness (QED) is 0.143. The molecule has 7 heteroatoms. The van der Waals surface area contributed by atoms with Gasteiger partial charge < -0.3 is 14.7 Å². The minimum absolute atomic E-state index is 1.08. The molecular weight excluding hydrogens is 963 g/mol. The fraction of sp³-hybridized carbons (Fsp3) is 0. The van der Waals surface area contributed by atoms with Gasteiger partial charge in [0, 0.05) is 101 Å². The monoisotopic (exact) mass is 1000 g/mol. The van der Waals surface area contributed by atoms with E-state index in [0.717, 1.165) is 45.5 Å². The van der Waals surface area contributed by atoms with E-state index in [-0.39, 0.29) is 0 Å². The molecule has 0 fully saturated rings. The molecule has 0 aliphatic heterocycles. The lowest BCUT2D eigenvalue weighted by atomic mass is 10.0. The van der Waals surface area contributed by atoms with Crippen LogP contribution in [0.15, 0.2) is 249 Å². The zero-order valence-corrected chi connectivity index (χ0v) is 42.4. The molecule has 11 aromatic carbocycles. The van der Waals surface area contributed by atoms with Crippen molar-refractivity contribution in [2.45, 2.75) is 0 Å². The van der Waals surface area contributed by atoms with Crippen molar-refractivity contribution in [3.8, 4) is 0 Å². The first kappa shape index (κ1) is 42.4.